The topological polar surface area (TPSA) is 21.3 Å². The molecule has 18 heavy (non-hydrogen) atoms. The van der Waals surface area contributed by atoms with Crippen molar-refractivity contribution in [3.8, 4) is 5.75 Å². The van der Waals surface area contributed by atoms with Crippen LogP contribution in [0, 0.1) is 5.92 Å². The molecular formula is C14H20BrNOS. The second kappa shape index (κ2) is 6.83. The number of benzene rings is 1. The van der Waals surface area contributed by atoms with Gasteiger partial charge in [-0.25, -0.2) is 0 Å². The van der Waals surface area contributed by atoms with E-state index >= 15 is 0 Å². The number of rotatable bonds is 4. The first kappa shape index (κ1) is 14.2. The number of thioether (sulfide) groups is 1. The molecule has 0 atom stereocenters. The minimum atomic E-state index is 0.821. The molecule has 1 N–H and O–H groups in total. The summed E-state index contributed by atoms with van der Waals surface area (Å²) in [4.78, 5) is 1.22. The van der Waals surface area contributed by atoms with Crippen LogP contribution < -0.4 is 10.1 Å². The molecule has 0 aromatic heterocycles. The molecule has 1 aliphatic heterocycles. The predicted molar refractivity (Wildman–Crippen MR) is 81.8 cm³/mol. The number of halogens is 1. The summed E-state index contributed by atoms with van der Waals surface area (Å²) in [5.41, 5.74) is 1.42. The van der Waals surface area contributed by atoms with Gasteiger partial charge in [0.05, 0.1) is 16.5 Å². The van der Waals surface area contributed by atoms with Gasteiger partial charge in [-0.2, -0.15) is 0 Å². The van der Waals surface area contributed by atoms with Crippen LogP contribution in [0.4, 0.5) is 0 Å². The van der Waals surface area contributed by atoms with Crippen molar-refractivity contribution < 1.29 is 4.74 Å². The lowest BCUT2D eigenvalue weighted by molar-refractivity contribution is 0.371. The van der Waals surface area contributed by atoms with Crippen LogP contribution in [0.1, 0.15) is 18.4 Å². The van der Waals surface area contributed by atoms with Gasteiger partial charge in [-0.15, -0.1) is 11.8 Å². The molecule has 2 rings (SSSR count). The third-order valence-electron chi connectivity index (χ3n) is 3.48. The van der Waals surface area contributed by atoms with Crippen LogP contribution in [0.5, 0.6) is 5.75 Å². The Morgan fingerprint density at radius 1 is 1.39 bits per heavy atom. The lowest BCUT2D eigenvalue weighted by Gasteiger charge is -2.23. The fraction of sp³-hybridized carbons (Fsp3) is 0.571. The van der Waals surface area contributed by atoms with Crippen molar-refractivity contribution in [1.82, 2.24) is 5.32 Å². The molecule has 2 nitrogen and oxygen atoms in total. The standard InChI is InChI=1S/C14H20BrNOS/c1-17-14-12(15)8-11(9-13(14)18-2)7-10-3-5-16-6-4-10/h8-10,16H,3-7H2,1-2H3. The van der Waals surface area contributed by atoms with Gasteiger partial charge in [-0.05, 0) is 78.2 Å². The van der Waals surface area contributed by atoms with E-state index in [-0.39, 0.29) is 0 Å². The highest BCUT2D eigenvalue weighted by Crippen LogP contribution is 2.37. The van der Waals surface area contributed by atoms with Gasteiger partial charge in [0.15, 0.2) is 0 Å². The van der Waals surface area contributed by atoms with Gasteiger partial charge >= 0.3 is 0 Å². The van der Waals surface area contributed by atoms with Crippen LogP contribution in [0.3, 0.4) is 0 Å². The van der Waals surface area contributed by atoms with E-state index in [0.29, 0.717) is 0 Å². The van der Waals surface area contributed by atoms with Crippen LogP contribution in [0.15, 0.2) is 21.5 Å². The van der Waals surface area contributed by atoms with Crippen LogP contribution in [-0.2, 0) is 6.42 Å². The summed E-state index contributed by atoms with van der Waals surface area (Å²) >= 11 is 5.36. The second-order valence-electron chi connectivity index (χ2n) is 4.71. The van der Waals surface area contributed by atoms with Crippen molar-refractivity contribution in [2.45, 2.75) is 24.2 Å². The van der Waals surface area contributed by atoms with Crippen molar-refractivity contribution in [1.29, 1.82) is 0 Å². The van der Waals surface area contributed by atoms with Gasteiger partial charge in [0, 0.05) is 0 Å². The van der Waals surface area contributed by atoms with E-state index < -0.39 is 0 Å². The highest BCUT2D eigenvalue weighted by Gasteiger charge is 2.16. The SMILES string of the molecule is COc1c(Br)cc(CC2CCNCC2)cc1SC. The van der Waals surface area contributed by atoms with Crippen LogP contribution >= 0.6 is 27.7 Å². The minimum Gasteiger partial charge on any atom is -0.494 e. The number of hydrogen-bond acceptors (Lipinski definition) is 3. The first-order valence-electron chi connectivity index (χ1n) is 6.35. The third kappa shape index (κ3) is 3.43. The second-order valence-corrected chi connectivity index (χ2v) is 6.41. The first-order chi connectivity index (χ1) is 8.74. The van der Waals surface area contributed by atoms with Crippen molar-refractivity contribution in [2.24, 2.45) is 5.92 Å². The largest absolute Gasteiger partial charge is 0.494 e. The number of ether oxygens (including phenoxy) is 1. The molecule has 0 bridgehead atoms. The van der Waals surface area contributed by atoms with Gasteiger partial charge in [-0.3, -0.25) is 0 Å². The monoisotopic (exact) mass is 329 g/mol. The highest BCUT2D eigenvalue weighted by atomic mass is 79.9. The van der Waals surface area contributed by atoms with Crippen molar-refractivity contribution >= 4 is 27.7 Å². The van der Waals surface area contributed by atoms with Gasteiger partial charge in [0.25, 0.3) is 0 Å². The molecular weight excluding hydrogens is 310 g/mol. The minimum absolute atomic E-state index is 0.821. The summed E-state index contributed by atoms with van der Waals surface area (Å²) in [5, 5.41) is 3.42. The lowest BCUT2D eigenvalue weighted by Crippen LogP contribution is -2.28. The van der Waals surface area contributed by atoms with E-state index in [1.165, 1.54) is 29.7 Å². The molecule has 0 aliphatic carbocycles. The van der Waals surface area contributed by atoms with E-state index in [2.05, 4.69) is 39.6 Å². The molecule has 1 heterocycles. The average molecular weight is 330 g/mol. The Morgan fingerprint density at radius 3 is 2.72 bits per heavy atom. The summed E-state index contributed by atoms with van der Waals surface area (Å²) in [6, 6.07) is 4.48. The van der Waals surface area contributed by atoms with Gasteiger partial charge in [-0.1, -0.05) is 0 Å². The summed E-state index contributed by atoms with van der Waals surface area (Å²) in [6.07, 6.45) is 5.85. The van der Waals surface area contributed by atoms with Gasteiger partial charge in [0.1, 0.15) is 5.75 Å². The summed E-state index contributed by atoms with van der Waals surface area (Å²) in [5.74, 6) is 1.78. The van der Waals surface area contributed by atoms with E-state index in [1.54, 1.807) is 18.9 Å². The molecule has 0 amide bonds. The third-order valence-corrected chi connectivity index (χ3v) is 4.81. The molecule has 1 aromatic rings. The predicted octanol–water partition coefficient (Wildman–Crippen LogP) is 3.72. The fourth-order valence-corrected chi connectivity index (χ4v) is 3.96. The molecule has 100 valence electrons. The maximum Gasteiger partial charge on any atom is 0.146 e. The molecule has 1 aliphatic rings. The molecule has 1 aromatic carbocycles. The van der Waals surface area contributed by atoms with Crippen molar-refractivity contribution in [2.75, 3.05) is 26.5 Å². The maximum absolute atomic E-state index is 5.43. The Kier molecular flexibility index (Phi) is 5.39. The molecule has 0 saturated carbocycles. The number of methoxy groups -OCH3 is 1. The molecule has 0 radical (unpaired) electrons. The molecule has 0 unspecified atom stereocenters. The quantitative estimate of drug-likeness (QED) is 0.850. The van der Waals surface area contributed by atoms with Crippen LogP contribution in [0.2, 0.25) is 0 Å². The van der Waals surface area contributed by atoms with E-state index in [0.717, 1.165) is 29.2 Å². The zero-order chi connectivity index (χ0) is 13.0. The Hall–Kier alpha value is -0.190. The molecule has 0 spiro atoms. The number of nitrogens with one attached hydrogen (secondary N) is 1. The first-order valence-corrected chi connectivity index (χ1v) is 8.37. The Balaban J connectivity index is 2.15. The summed E-state index contributed by atoms with van der Waals surface area (Å²) < 4.78 is 6.50. The molecule has 1 fully saturated rings. The summed E-state index contributed by atoms with van der Waals surface area (Å²) in [6.45, 7) is 2.33. The fourth-order valence-electron chi connectivity index (χ4n) is 2.51. The smallest absolute Gasteiger partial charge is 0.146 e. The van der Waals surface area contributed by atoms with Gasteiger partial charge < -0.3 is 10.1 Å². The van der Waals surface area contributed by atoms with E-state index in [9.17, 15) is 0 Å². The lowest BCUT2D eigenvalue weighted by atomic mass is 9.91. The van der Waals surface area contributed by atoms with Gasteiger partial charge in [0.2, 0.25) is 0 Å². The Labute approximate surface area is 122 Å². The molecule has 1 saturated heterocycles. The zero-order valence-corrected chi connectivity index (χ0v) is 13.4. The highest BCUT2D eigenvalue weighted by molar-refractivity contribution is 9.10. The Morgan fingerprint density at radius 2 is 2.11 bits per heavy atom. The zero-order valence-electron chi connectivity index (χ0n) is 11.0. The van der Waals surface area contributed by atoms with Crippen molar-refractivity contribution in [3.63, 3.8) is 0 Å². The average Bonchev–Trinajstić information content (AvgIpc) is 2.39. The maximum atomic E-state index is 5.43. The van der Waals surface area contributed by atoms with E-state index in [1.807, 2.05) is 0 Å². The number of hydrogen-bond donors (Lipinski definition) is 1. The number of piperidine rings is 1. The molecule has 4 heteroatoms. The normalized spacial score (nSPS) is 16.8. The van der Waals surface area contributed by atoms with Crippen LogP contribution in [-0.4, -0.2) is 26.5 Å². The van der Waals surface area contributed by atoms with Crippen molar-refractivity contribution in [3.05, 3.63) is 22.2 Å². The van der Waals surface area contributed by atoms with E-state index in [4.69, 9.17) is 4.74 Å². The summed E-state index contributed by atoms with van der Waals surface area (Å²) in [7, 11) is 1.73. The van der Waals surface area contributed by atoms with Crippen LogP contribution in [0.25, 0.3) is 0 Å². The Bertz CT molecular complexity index is 405.